The van der Waals surface area contributed by atoms with Crippen LogP contribution in [-0.4, -0.2) is 16.6 Å². The largest absolute Gasteiger partial charge is 0.508 e. The molecule has 3 nitrogen and oxygen atoms in total. The van der Waals surface area contributed by atoms with E-state index in [-0.39, 0.29) is 0 Å². The summed E-state index contributed by atoms with van der Waals surface area (Å²) in [6.45, 7) is 1.04. The van der Waals surface area contributed by atoms with Gasteiger partial charge in [0.25, 0.3) is 0 Å². The van der Waals surface area contributed by atoms with Crippen molar-refractivity contribution >= 4 is 5.69 Å². The van der Waals surface area contributed by atoms with E-state index in [0.717, 1.165) is 29.3 Å². The fourth-order valence-corrected chi connectivity index (χ4v) is 3.00. The number of pyridine rings is 1. The van der Waals surface area contributed by atoms with Gasteiger partial charge in [-0.25, -0.2) is 0 Å². The number of phenols is 1. The Hall–Kier alpha value is -2.03. The first-order chi connectivity index (χ1) is 10.3. The number of benzene rings is 1. The second kappa shape index (κ2) is 6.61. The molecule has 21 heavy (non-hydrogen) atoms. The van der Waals surface area contributed by atoms with Crippen LogP contribution in [0.4, 0.5) is 5.69 Å². The van der Waals surface area contributed by atoms with Crippen LogP contribution in [0.5, 0.6) is 5.75 Å². The van der Waals surface area contributed by atoms with Crippen LogP contribution in [0.2, 0.25) is 0 Å². The average Bonchev–Trinajstić information content (AvgIpc) is 2.55. The Morgan fingerprint density at radius 3 is 2.52 bits per heavy atom. The van der Waals surface area contributed by atoms with Gasteiger partial charge in [-0.3, -0.25) is 4.98 Å². The van der Waals surface area contributed by atoms with E-state index < -0.39 is 0 Å². The summed E-state index contributed by atoms with van der Waals surface area (Å²) in [7, 11) is 0. The molecule has 3 rings (SSSR count). The highest BCUT2D eigenvalue weighted by Crippen LogP contribution is 2.26. The van der Waals surface area contributed by atoms with Crippen molar-refractivity contribution in [2.24, 2.45) is 5.92 Å². The van der Waals surface area contributed by atoms with Gasteiger partial charge in [0.15, 0.2) is 0 Å². The zero-order valence-electron chi connectivity index (χ0n) is 12.3. The number of phenolic OH excluding ortho intramolecular Hbond substituents is 1. The number of hydrogen-bond donors (Lipinski definition) is 2. The molecule has 0 saturated heterocycles. The molecule has 0 aliphatic heterocycles. The molecular weight excluding hydrogens is 260 g/mol. The van der Waals surface area contributed by atoms with E-state index in [1.165, 1.54) is 32.1 Å². The predicted octanol–water partition coefficient (Wildman–Crippen LogP) is 4.45. The van der Waals surface area contributed by atoms with Crippen LogP contribution < -0.4 is 5.32 Å². The molecule has 1 fully saturated rings. The lowest BCUT2D eigenvalue weighted by Crippen LogP contribution is -2.17. The molecule has 1 aromatic heterocycles. The Kier molecular flexibility index (Phi) is 4.39. The maximum Gasteiger partial charge on any atom is 0.115 e. The minimum atomic E-state index is 0.290. The lowest BCUT2D eigenvalue weighted by molar-refractivity contribution is 0.373. The zero-order chi connectivity index (χ0) is 14.5. The van der Waals surface area contributed by atoms with Crippen molar-refractivity contribution in [2.75, 3.05) is 11.9 Å². The van der Waals surface area contributed by atoms with Gasteiger partial charge in [0.05, 0.1) is 5.69 Å². The molecule has 110 valence electrons. The summed E-state index contributed by atoms with van der Waals surface area (Å²) in [4.78, 5) is 4.32. The van der Waals surface area contributed by atoms with Crippen molar-refractivity contribution in [1.82, 2.24) is 4.98 Å². The monoisotopic (exact) mass is 282 g/mol. The minimum Gasteiger partial charge on any atom is -0.508 e. The molecule has 0 spiro atoms. The molecule has 1 aliphatic rings. The van der Waals surface area contributed by atoms with Crippen molar-refractivity contribution in [1.29, 1.82) is 0 Å². The highest BCUT2D eigenvalue weighted by atomic mass is 16.3. The Balaban J connectivity index is 1.66. The second-order valence-electron chi connectivity index (χ2n) is 5.89. The molecule has 3 heteroatoms. The van der Waals surface area contributed by atoms with Gasteiger partial charge in [0, 0.05) is 24.5 Å². The number of nitrogens with one attached hydrogen (secondary N) is 1. The Morgan fingerprint density at radius 1 is 1.00 bits per heavy atom. The topological polar surface area (TPSA) is 45.2 Å². The highest BCUT2D eigenvalue weighted by Gasteiger charge is 2.12. The molecule has 2 N–H and O–H groups in total. The molecule has 1 saturated carbocycles. The summed E-state index contributed by atoms with van der Waals surface area (Å²) in [5.41, 5.74) is 3.22. The maximum absolute atomic E-state index is 9.36. The molecule has 2 aromatic rings. The van der Waals surface area contributed by atoms with E-state index in [0.29, 0.717) is 5.75 Å². The predicted molar refractivity (Wildman–Crippen MR) is 86.4 cm³/mol. The Bertz CT molecular complexity index is 574. The fraction of sp³-hybridized carbons (Fsp3) is 0.389. The number of aromatic hydroxyl groups is 1. The van der Waals surface area contributed by atoms with Gasteiger partial charge in [-0.2, -0.15) is 0 Å². The van der Waals surface area contributed by atoms with Gasteiger partial charge in [-0.05, 0) is 42.5 Å². The normalized spacial score (nSPS) is 15.8. The zero-order valence-corrected chi connectivity index (χ0v) is 12.3. The van der Waals surface area contributed by atoms with Gasteiger partial charge in [-0.15, -0.1) is 0 Å². The van der Waals surface area contributed by atoms with Crippen LogP contribution >= 0.6 is 0 Å². The number of nitrogens with zero attached hydrogens (tertiary/aromatic N) is 1. The molecular formula is C18H22N2O. The van der Waals surface area contributed by atoms with Gasteiger partial charge in [0.2, 0.25) is 0 Å². The summed E-state index contributed by atoms with van der Waals surface area (Å²) in [6.07, 6.45) is 10.6. The van der Waals surface area contributed by atoms with Gasteiger partial charge >= 0.3 is 0 Å². The number of hydrogen-bond acceptors (Lipinski definition) is 3. The third-order valence-corrected chi connectivity index (χ3v) is 4.26. The molecule has 1 aromatic carbocycles. The average molecular weight is 282 g/mol. The van der Waals surface area contributed by atoms with E-state index in [2.05, 4.69) is 16.4 Å². The van der Waals surface area contributed by atoms with Gasteiger partial charge in [0.1, 0.15) is 5.75 Å². The summed E-state index contributed by atoms with van der Waals surface area (Å²) < 4.78 is 0. The molecule has 0 radical (unpaired) electrons. The molecule has 0 bridgehead atoms. The van der Waals surface area contributed by atoms with Crippen LogP contribution in [0.3, 0.4) is 0 Å². The molecule has 0 atom stereocenters. The first-order valence-corrected chi connectivity index (χ1v) is 7.79. The van der Waals surface area contributed by atoms with Crippen molar-refractivity contribution in [2.45, 2.75) is 32.1 Å². The first-order valence-electron chi connectivity index (χ1n) is 7.79. The quantitative estimate of drug-likeness (QED) is 0.871. The van der Waals surface area contributed by atoms with Crippen molar-refractivity contribution < 1.29 is 5.11 Å². The third-order valence-electron chi connectivity index (χ3n) is 4.26. The lowest BCUT2D eigenvalue weighted by Gasteiger charge is -2.22. The van der Waals surface area contributed by atoms with E-state index in [9.17, 15) is 5.11 Å². The Morgan fingerprint density at radius 2 is 1.76 bits per heavy atom. The van der Waals surface area contributed by atoms with Crippen molar-refractivity contribution in [3.63, 3.8) is 0 Å². The Labute approximate surface area is 126 Å². The van der Waals surface area contributed by atoms with Crippen LogP contribution in [0.15, 0.2) is 42.7 Å². The second-order valence-corrected chi connectivity index (χ2v) is 5.89. The number of rotatable bonds is 4. The summed E-state index contributed by atoms with van der Waals surface area (Å²) in [5.74, 6) is 1.09. The summed E-state index contributed by atoms with van der Waals surface area (Å²) >= 11 is 0. The smallest absolute Gasteiger partial charge is 0.115 e. The fourth-order valence-electron chi connectivity index (χ4n) is 3.00. The molecule has 1 heterocycles. The SMILES string of the molecule is Oc1ccc(-c2cncc(NCC3CCCCC3)c2)cc1. The molecule has 0 amide bonds. The van der Waals surface area contributed by atoms with Gasteiger partial charge < -0.3 is 10.4 Å². The van der Waals surface area contributed by atoms with Crippen LogP contribution in [-0.2, 0) is 0 Å². The summed E-state index contributed by atoms with van der Waals surface area (Å²) in [5, 5.41) is 12.9. The number of anilines is 1. The maximum atomic E-state index is 9.36. The van der Waals surface area contributed by atoms with E-state index in [1.807, 2.05) is 24.5 Å². The first kappa shape index (κ1) is 13.9. The lowest BCUT2D eigenvalue weighted by atomic mass is 9.89. The van der Waals surface area contributed by atoms with E-state index in [1.54, 1.807) is 12.1 Å². The van der Waals surface area contributed by atoms with Crippen LogP contribution in [0.25, 0.3) is 11.1 Å². The van der Waals surface area contributed by atoms with E-state index in [4.69, 9.17) is 0 Å². The van der Waals surface area contributed by atoms with Crippen molar-refractivity contribution in [3.05, 3.63) is 42.7 Å². The molecule has 0 unspecified atom stereocenters. The van der Waals surface area contributed by atoms with Gasteiger partial charge in [-0.1, -0.05) is 31.4 Å². The number of aromatic nitrogens is 1. The highest BCUT2D eigenvalue weighted by molar-refractivity contribution is 5.67. The molecule has 1 aliphatic carbocycles. The van der Waals surface area contributed by atoms with E-state index >= 15 is 0 Å². The standard InChI is InChI=1S/C18H22N2O/c21-18-8-6-15(7-9-18)16-10-17(13-19-12-16)20-11-14-4-2-1-3-5-14/h6-10,12-14,20-21H,1-5,11H2. The third kappa shape index (κ3) is 3.75. The van der Waals surface area contributed by atoms with Crippen LogP contribution in [0, 0.1) is 5.92 Å². The summed E-state index contributed by atoms with van der Waals surface area (Å²) in [6, 6.07) is 9.37. The van der Waals surface area contributed by atoms with Crippen LogP contribution in [0.1, 0.15) is 32.1 Å². The van der Waals surface area contributed by atoms with Crippen molar-refractivity contribution in [3.8, 4) is 16.9 Å². The minimum absolute atomic E-state index is 0.290.